The Hall–Kier alpha value is -0.910. The van der Waals surface area contributed by atoms with Gasteiger partial charge >= 0.3 is 0 Å². The average Bonchev–Trinajstić information content (AvgIpc) is 2.39. The molecule has 82 valence electrons. The molecule has 1 aliphatic heterocycles. The summed E-state index contributed by atoms with van der Waals surface area (Å²) in [5.41, 5.74) is 1.92. The van der Waals surface area contributed by atoms with Crippen LogP contribution < -0.4 is 10.5 Å². The lowest BCUT2D eigenvalue weighted by atomic mass is 10.0. The zero-order chi connectivity index (χ0) is 10.9. The van der Waals surface area contributed by atoms with Crippen LogP contribution in [0.15, 0.2) is 23.1 Å². The molecule has 0 aliphatic carbocycles. The molecule has 1 heterocycles. The van der Waals surface area contributed by atoms with Crippen molar-refractivity contribution in [3.05, 3.63) is 29.3 Å². The number of benzene rings is 1. The second kappa shape index (κ2) is 3.92. The Bertz CT molecular complexity index is 468. The zero-order valence-corrected chi connectivity index (χ0v) is 9.18. The van der Waals surface area contributed by atoms with E-state index in [1.165, 1.54) is 0 Å². The topological polar surface area (TPSA) is 72.2 Å². The molecule has 1 aliphatic rings. The van der Waals surface area contributed by atoms with Crippen molar-refractivity contribution in [3.63, 3.8) is 0 Å². The SMILES string of the molecule is NS(=O)(=O)c1cccc2c1CCCNC2. The molecule has 0 fully saturated rings. The van der Waals surface area contributed by atoms with Crippen LogP contribution in [0.25, 0.3) is 0 Å². The van der Waals surface area contributed by atoms with Gasteiger partial charge in [0.1, 0.15) is 0 Å². The number of nitrogens with one attached hydrogen (secondary N) is 1. The monoisotopic (exact) mass is 226 g/mol. The number of nitrogens with two attached hydrogens (primary N) is 1. The van der Waals surface area contributed by atoms with Crippen molar-refractivity contribution in [2.45, 2.75) is 24.3 Å². The van der Waals surface area contributed by atoms with E-state index in [4.69, 9.17) is 5.14 Å². The molecule has 5 heteroatoms. The number of primary sulfonamides is 1. The van der Waals surface area contributed by atoms with Crippen LogP contribution in [0.2, 0.25) is 0 Å². The van der Waals surface area contributed by atoms with Crippen LogP contribution in [-0.4, -0.2) is 15.0 Å². The lowest BCUT2D eigenvalue weighted by Gasteiger charge is -2.09. The molecule has 2 rings (SSSR count). The van der Waals surface area contributed by atoms with Gasteiger partial charge in [0.25, 0.3) is 0 Å². The minimum absolute atomic E-state index is 0.281. The molecule has 0 saturated heterocycles. The van der Waals surface area contributed by atoms with Gasteiger partial charge in [-0.25, -0.2) is 13.6 Å². The molecule has 0 bridgehead atoms. The maximum absolute atomic E-state index is 11.4. The van der Waals surface area contributed by atoms with Gasteiger partial charge in [0.15, 0.2) is 0 Å². The molecule has 3 N–H and O–H groups in total. The first kappa shape index (κ1) is 10.6. The molecule has 0 atom stereocenters. The Morgan fingerprint density at radius 1 is 1.33 bits per heavy atom. The summed E-state index contributed by atoms with van der Waals surface area (Å²) in [6.07, 6.45) is 1.72. The normalized spacial score (nSPS) is 16.9. The van der Waals surface area contributed by atoms with E-state index in [-0.39, 0.29) is 4.90 Å². The highest BCUT2D eigenvalue weighted by Gasteiger charge is 2.17. The summed E-state index contributed by atoms with van der Waals surface area (Å²) in [4.78, 5) is 0.281. The second-order valence-corrected chi connectivity index (χ2v) is 5.25. The van der Waals surface area contributed by atoms with Gasteiger partial charge in [-0.15, -0.1) is 0 Å². The van der Waals surface area contributed by atoms with E-state index in [2.05, 4.69) is 5.32 Å². The van der Waals surface area contributed by atoms with Crippen molar-refractivity contribution in [1.29, 1.82) is 0 Å². The van der Waals surface area contributed by atoms with Crippen molar-refractivity contribution < 1.29 is 8.42 Å². The van der Waals surface area contributed by atoms with E-state index in [1.54, 1.807) is 12.1 Å². The van der Waals surface area contributed by atoms with Gasteiger partial charge in [0, 0.05) is 6.54 Å². The second-order valence-electron chi connectivity index (χ2n) is 3.72. The molecule has 1 aromatic carbocycles. The van der Waals surface area contributed by atoms with Crippen molar-refractivity contribution in [2.75, 3.05) is 6.54 Å². The van der Waals surface area contributed by atoms with Gasteiger partial charge in [-0.3, -0.25) is 0 Å². The van der Waals surface area contributed by atoms with Gasteiger partial charge in [-0.1, -0.05) is 12.1 Å². The van der Waals surface area contributed by atoms with E-state index in [1.807, 2.05) is 6.07 Å². The molecule has 15 heavy (non-hydrogen) atoms. The van der Waals surface area contributed by atoms with Crippen molar-refractivity contribution in [1.82, 2.24) is 5.32 Å². The Labute approximate surface area is 89.5 Å². The van der Waals surface area contributed by atoms with Crippen LogP contribution >= 0.6 is 0 Å². The molecule has 0 aromatic heterocycles. The first-order chi connectivity index (χ1) is 7.09. The van der Waals surface area contributed by atoms with Crippen LogP contribution in [0.3, 0.4) is 0 Å². The highest BCUT2D eigenvalue weighted by molar-refractivity contribution is 7.89. The Kier molecular flexibility index (Phi) is 2.77. The van der Waals surface area contributed by atoms with Crippen molar-refractivity contribution >= 4 is 10.0 Å². The highest BCUT2D eigenvalue weighted by Crippen LogP contribution is 2.21. The fourth-order valence-corrected chi connectivity index (χ4v) is 2.79. The number of sulfonamides is 1. The van der Waals surface area contributed by atoms with Gasteiger partial charge in [0.05, 0.1) is 4.90 Å². The third-order valence-corrected chi connectivity index (χ3v) is 3.63. The van der Waals surface area contributed by atoms with E-state index in [0.29, 0.717) is 0 Å². The molecular formula is C10H14N2O2S. The molecule has 0 saturated carbocycles. The van der Waals surface area contributed by atoms with E-state index < -0.39 is 10.0 Å². The third kappa shape index (κ3) is 2.19. The third-order valence-electron chi connectivity index (χ3n) is 2.63. The van der Waals surface area contributed by atoms with Gasteiger partial charge < -0.3 is 5.32 Å². The minimum atomic E-state index is -3.59. The Morgan fingerprint density at radius 2 is 2.13 bits per heavy atom. The number of fused-ring (bicyclic) bond motifs is 1. The Balaban J connectivity index is 2.58. The van der Waals surface area contributed by atoms with Crippen molar-refractivity contribution in [3.8, 4) is 0 Å². The maximum atomic E-state index is 11.4. The number of hydrogen-bond acceptors (Lipinski definition) is 3. The first-order valence-corrected chi connectivity index (χ1v) is 6.48. The predicted octanol–water partition coefficient (Wildman–Crippen LogP) is 0.370. The van der Waals surface area contributed by atoms with Crippen LogP contribution in [0.4, 0.5) is 0 Å². The summed E-state index contributed by atoms with van der Waals surface area (Å²) in [6.45, 7) is 1.64. The van der Waals surface area contributed by atoms with Crippen LogP contribution in [0.5, 0.6) is 0 Å². The summed E-state index contributed by atoms with van der Waals surface area (Å²) in [5, 5.41) is 8.43. The zero-order valence-electron chi connectivity index (χ0n) is 8.36. The summed E-state index contributed by atoms with van der Waals surface area (Å²) in [6, 6.07) is 5.27. The molecule has 0 radical (unpaired) electrons. The first-order valence-electron chi connectivity index (χ1n) is 4.93. The smallest absolute Gasteiger partial charge is 0.238 e. The lowest BCUT2D eigenvalue weighted by molar-refractivity contribution is 0.596. The van der Waals surface area contributed by atoms with Gasteiger partial charge in [-0.2, -0.15) is 0 Å². The summed E-state index contributed by atoms with van der Waals surface area (Å²) in [5.74, 6) is 0. The highest BCUT2D eigenvalue weighted by atomic mass is 32.2. The fraction of sp³-hybridized carbons (Fsp3) is 0.400. The largest absolute Gasteiger partial charge is 0.313 e. The maximum Gasteiger partial charge on any atom is 0.238 e. The Morgan fingerprint density at radius 3 is 2.87 bits per heavy atom. The average molecular weight is 226 g/mol. The lowest BCUT2D eigenvalue weighted by Crippen LogP contribution is -2.16. The molecule has 0 spiro atoms. The molecule has 4 nitrogen and oxygen atoms in total. The van der Waals surface area contributed by atoms with Crippen molar-refractivity contribution in [2.24, 2.45) is 5.14 Å². The minimum Gasteiger partial charge on any atom is -0.313 e. The molecular weight excluding hydrogens is 212 g/mol. The van der Waals surface area contributed by atoms with Crippen LogP contribution in [0.1, 0.15) is 17.5 Å². The summed E-state index contributed by atoms with van der Waals surface area (Å²) in [7, 11) is -3.59. The van der Waals surface area contributed by atoms with E-state index in [9.17, 15) is 8.42 Å². The van der Waals surface area contributed by atoms with Crippen LogP contribution in [-0.2, 0) is 23.0 Å². The van der Waals surface area contributed by atoms with E-state index >= 15 is 0 Å². The molecule has 1 aromatic rings. The standard InChI is InChI=1S/C10H14N2O2S/c11-15(13,14)10-5-1-3-8-7-12-6-2-4-9(8)10/h1,3,5,12H,2,4,6-7H2,(H2,11,13,14). The van der Waals surface area contributed by atoms with E-state index in [0.717, 1.165) is 37.1 Å². The quantitative estimate of drug-likeness (QED) is 0.726. The number of rotatable bonds is 1. The van der Waals surface area contributed by atoms with Gasteiger partial charge in [0.2, 0.25) is 10.0 Å². The number of hydrogen-bond donors (Lipinski definition) is 2. The summed E-state index contributed by atoms with van der Waals surface area (Å²) < 4.78 is 22.7. The molecule has 0 unspecified atom stereocenters. The predicted molar refractivity (Wildman–Crippen MR) is 57.8 cm³/mol. The molecule has 0 amide bonds. The summed E-state index contributed by atoms with van der Waals surface area (Å²) >= 11 is 0. The van der Waals surface area contributed by atoms with Crippen LogP contribution in [0, 0.1) is 0 Å². The fourth-order valence-electron chi connectivity index (χ4n) is 1.94. The van der Waals surface area contributed by atoms with Gasteiger partial charge in [-0.05, 0) is 36.6 Å².